The number of para-hydroxylation sites is 1. The van der Waals surface area contributed by atoms with Crippen LogP contribution < -0.4 is 10.5 Å². The van der Waals surface area contributed by atoms with Gasteiger partial charge in [-0.2, -0.15) is 5.10 Å². The minimum atomic E-state index is -0.301. The summed E-state index contributed by atoms with van der Waals surface area (Å²) in [5, 5.41) is 5.23. The van der Waals surface area contributed by atoms with E-state index in [0.717, 1.165) is 22.2 Å². The van der Waals surface area contributed by atoms with Gasteiger partial charge in [-0.3, -0.25) is 9.59 Å². The van der Waals surface area contributed by atoms with Crippen molar-refractivity contribution in [3.63, 3.8) is 0 Å². The Morgan fingerprint density at radius 2 is 1.80 bits per heavy atom. The van der Waals surface area contributed by atoms with Crippen LogP contribution in [0.1, 0.15) is 32.0 Å². The zero-order valence-corrected chi connectivity index (χ0v) is 27.0. The van der Waals surface area contributed by atoms with Gasteiger partial charge in [0.05, 0.1) is 67.2 Å². The largest absolute Gasteiger partial charge is 0.439 e. The molecule has 6 rings (SSSR count). The number of anilines is 1. The molecule has 46 heavy (non-hydrogen) atoms. The number of nitrogen functional groups attached to an aromatic ring is 1. The van der Waals surface area contributed by atoms with Crippen molar-refractivity contribution < 1.29 is 23.8 Å². The van der Waals surface area contributed by atoms with Gasteiger partial charge in [0.1, 0.15) is 24.1 Å². The summed E-state index contributed by atoms with van der Waals surface area (Å²) in [5.74, 6) is 1.86. The van der Waals surface area contributed by atoms with E-state index in [1.54, 1.807) is 29.3 Å². The quantitative estimate of drug-likeness (QED) is 0.127. The van der Waals surface area contributed by atoms with Crippen LogP contribution in [-0.4, -0.2) is 87.1 Å². The fraction of sp³-hybridized carbons (Fsp3) is 0.294. The molecular weight excluding hydrogens is 604 g/mol. The lowest BCUT2D eigenvalue weighted by molar-refractivity contribution is 0.0303. The number of carbonyl (C=O) groups is 2. The van der Waals surface area contributed by atoms with Crippen molar-refractivity contribution in [1.29, 1.82) is 0 Å². The Labute approximate surface area is 270 Å². The lowest BCUT2D eigenvalue weighted by Crippen LogP contribution is -2.40. The molecule has 0 spiro atoms. The van der Waals surface area contributed by atoms with E-state index in [4.69, 9.17) is 19.9 Å². The molecule has 0 bridgehead atoms. The van der Waals surface area contributed by atoms with Gasteiger partial charge in [-0.05, 0) is 59.8 Å². The number of aromatic nitrogens is 4. The number of rotatable bonds is 11. The molecule has 1 fully saturated rings. The molecule has 2 aromatic carbocycles. The zero-order valence-electron chi connectivity index (χ0n) is 26.1. The first-order valence-electron chi connectivity index (χ1n) is 15.0. The molecule has 238 valence electrons. The van der Waals surface area contributed by atoms with Crippen molar-refractivity contribution in [3.05, 3.63) is 95.4 Å². The smallest absolute Gasteiger partial charge is 0.254 e. The minimum Gasteiger partial charge on any atom is -0.439 e. The minimum absolute atomic E-state index is 0.0605. The zero-order chi connectivity index (χ0) is 32.2. The van der Waals surface area contributed by atoms with Crippen molar-refractivity contribution >= 4 is 39.3 Å². The molecule has 1 amide bonds. The maximum atomic E-state index is 14.1. The SMILES string of the molecule is Cc1cc(Oc2ccccc2)ncc1-n1ncc(C(=O)c2cc3cc(C(=O)N4CCOCC4)ccc3n2COCC[S+](C)C)c1N. The number of aryl methyl sites for hydroxylation is 1. The predicted molar refractivity (Wildman–Crippen MR) is 179 cm³/mol. The summed E-state index contributed by atoms with van der Waals surface area (Å²) >= 11 is 0. The molecule has 2 N–H and O–H groups in total. The molecule has 0 atom stereocenters. The van der Waals surface area contributed by atoms with Crippen LogP contribution in [0.5, 0.6) is 11.6 Å². The summed E-state index contributed by atoms with van der Waals surface area (Å²) in [7, 11) is 0.229. The van der Waals surface area contributed by atoms with Crippen molar-refractivity contribution in [2.75, 3.05) is 56.9 Å². The van der Waals surface area contributed by atoms with Crippen molar-refractivity contribution in [2.24, 2.45) is 0 Å². The number of ketones is 1. The highest BCUT2D eigenvalue weighted by Crippen LogP contribution is 2.29. The molecule has 0 aliphatic carbocycles. The van der Waals surface area contributed by atoms with E-state index >= 15 is 0 Å². The molecule has 3 aromatic heterocycles. The Balaban J connectivity index is 1.30. The van der Waals surface area contributed by atoms with Gasteiger partial charge in [0.15, 0.2) is 0 Å². The summed E-state index contributed by atoms with van der Waals surface area (Å²) in [6.45, 7) is 4.78. The average molecular weight is 642 g/mol. The standard InChI is InChI=1S/C34H36N6O5S/c1-23-17-31(45-26-7-5-4-6-8-26)36-21-30(23)40-33(35)27(20-37-40)32(41)29-19-25-18-24(34(42)38-11-13-43-14-12-38)9-10-28(25)39(29)22-44-15-16-46(2)3/h4-10,17-21H,11-16,22H2,1-3H3,(H-,35,37,41)/p+1. The summed E-state index contributed by atoms with van der Waals surface area (Å²) in [4.78, 5) is 33.6. The Morgan fingerprint density at radius 1 is 1.02 bits per heavy atom. The van der Waals surface area contributed by atoms with Crippen molar-refractivity contribution in [2.45, 2.75) is 13.7 Å². The summed E-state index contributed by atoms with van der Waals surface area (Å²) in [6.07, 6.45) is 7.43. The number of benzene rings is 2. The summed E-state index contributed by atoms with van der Waals surface area (Å²) in [6, 6.07) is 18.5. The summed E-state index contributed by atoms with van der Waals surface area (Å²) < 4.78 is 20.6. The van der Waals surface area contributed by atoms with Crippen LogP contribution in [-0.2, 0) is 27.1 Å². The second kappa shape index (κ2) is 13.8. The first-order valence-corrected chi connectivity index (χ1v) is 17.2. The number of fused-ring (bicyclic) bond motifs is 1. The van der Waals surface area contributed by atoms with E-state index in [9.17, 15) is 9.59 Å². The number of morpholine rings is 1. The average Bonchev–Trinajstić information content (AvgIpc) is 3.63. The number of nitrogens with zero attached hydrogens (tertiary/aromatic N) is 5. The molecule has 4 heterocycles. The third kappa shape index (κ3) is 6.64. The third-order valence-electron chi connectivity index (χ3n) is 7.84. The second-order valence-corrected chi connectivity index (χ2v) is 13.7. The van der Waals surface area contributed by atoms with Crippen LogP contribution >= 0.6 is 0 Å². The molecule has 5 aromatic rings. The van der Waals surface area contributed by atoms with Gasteiger partial charge < -0.3 is 29.4 Å². The molecule has 11 nitrogen and oxygen atoms in total. The van der Waals surface area contributed by atoms with E-state index in [1.165, 1.54) is 10.9 Å². The molecule has 1 saturated heterocycles. The molecule has 0 saturated carbocycles. The number of ether oxygens (including phenoxy) is 3. The van der Waals surface area contributed by atoms with Crippen LogP contribution in [0.4, 0.5) is 5.82 Å². The van der Waals surface area contributed by atoms with Gasteiger partial charge in [0.25, 0.3) is 5.91 Å². The highest BCUT2D eigenvalue weighted by atomic mass is 32.2. The Bertz CT molecular complexity index is 1860. The van der Waals surface area contributed by atoms with Crippen molar-refractivity contribution in [3.8, 4) is 17.3 Å². The van der Waals surface area contributed by atoms with Crippen LogP contribution in [0, 0.1) is 6.92 Å². The topological polar surface area (TPSA) is 127 Å². The number of amides is 1. The van der Waals surface area contributed by atoms with E-state index in [0.29, 0.717) is 61.5 Å². The number of nitrogens with two attached hydrogens (primary N) is 1. The Morgan fingerprint density at radius 3 is 2.54 bits per heavy atom. The highest BCUT2D eigenvalue weighted by Gasteiger charge is 2.25. The van der Waals surface area contributed by atoms with Gasteiger partial charge in [0.2, 0.25) is 11.7 Å². The number of hydrogen-bond donors (Lipinski definition) is 1. The Kier molecular flexibility index (Phi) is 9.38. The normalized spacial score (nSPS) is 13.4. The number of carbonyl (C=O) groups excluding carboxylic acids is 2. The van der Waals surface area contributed by atoms with Gasteiger partial charge in [-0.25, -0.2) is 9.67 Å². The molecule has 12 heteroatoms. The number of hydrogen-bond acceptors (Lipinski definition) is 8. The monoisotopic (exact) mass is 641 g/mol. The van der Waals surface area contributed by atoms with Crippen LogP contribution in [0.2, 0.25) is 0 Å². The molecular formula is C34H37N6O5S+. The van der Waals surface area contributed by atoms with E-state index in [1.807, 2.05) is 54.0 Å². The van der Waals surface area contributed by atoms with Gasteiger partial charge in [-0.15, -0.1) is 0 Å². The first kappa shape index (κ1) is 31.3. The lowest BCUT2D eigenvalue weighted by Gasteiger charge is -2.26. The first-order chi connectivity index (χ1) is 22.3. The fourth-order valence-corrected chi connectivity index (χ4v) is 5.79. The van der Waals surface area contributed by atoms with Gasteiger partial charge >= 0.3 is 0 Å². The molecule has 1 aliphatic heterocycles. The van der Waals surface area contributed by atoms with Gasteiger partial charge in [-0.1, -0.05) is 18.2 Å². The molecule has 1 aliphatic rings. The highest BCUT2D eigenvalue weighted by molar-refractivity contribution is 7.95. The van der Waals surface area contributed by atoms with Crippen LogP contribution in [0.3, 0.4) is 0 Å². The van der Waals surface area contributed by atoms with Crippen LogP contribution in [0.25, 0.3) is 16.6 Å². The van der Waals surface area contributed by atoms with E-state index in [-0.39, 0.29) is 40.7 Å². The van der Waals surface area contributed by atoms with E-state index < -0.39 is 0 Å². The van der Waals surface area contributed by atoms with Crippen molar-refractivity contribution in [1.82, 2.24) is 24.2 Å². The Hall–Kier alpha value is -4.65. The van der Waals surface area contributed by atoms with Gasteiger partial charge in [0, 0.05) is 30.1 Å². The molecule has 0 radical (unpaired) electrons. The second-order valence-electron chi connectivity index (χ2n) is 11.3. The number of pyridine rings is 1. The fourth-order valence-electron chi connectivity index (χ4n) is 5.33. The maximum absolute atomic E-state index is 14.1. The maximum Gasteiger partial charge on any atom is 0.254 e. The van der Waals surface area contributed by atoms with Crippen LogP contribution in [0.15, 0.2) is 73.1 Å². The third-order valence-corrected chi connectivity index (χ3v) is 8.82. The van der Waals surface area contributed by atoms with E-state index in [2.05, 4.69) is 22.6 Å². The predicted octanol–water partition coefficient (Wildman–Crippen LogP) is 4.46. The lowest BCUT2D eigenvalue weighted by atomic mass is 10.1. The molecule has 0 unspecified atom stereocenters. The summed E-state index contributed by atoms with van der Waals surface area (Å²) in [5.41, 5.74) is 10.0.